The van der Waals surface area contributed by atoms with Gasteiger partial charge < -0.3 is 9.88 Å². The van der Waals surface area contributed by atoms with Gasteiger partial charge in [-0.05, 0) is 43.7 Å². The highest BCUT2D eigenvalue weighted by molar-refractivity contribution is 5.94. The fraction of sp³-hybridized carbons (Fsp3) is 0.158. The molecule has 1 aromatic heterocycles. The Kier molecular flexibility index (Phi) is 4.24. The predicted octanol–water partition coefficient (Wildman–Crippen LogP) is 3.67. The molecule has 0 bridgehead atoms. The quantitative estimate of drug-likeness (QED) is 0.799. The van der Waals surface area contributed by atoms with Crippen LogP contribution in [0.25, 0.3) is 5.69 Å². The molecule has 1 amide bonds. The van der Waals surface area contributed by atoms with Gasteiger partial charge in [0.25, 0.3) is 5.91 Å². The summed E-state index contributed by atoms with van der Waals surface area (Å²) in [5.74, 6) is -0.0557. The Morgan fingerprint density at radius 2 is 1.96 bits per heavy atom. The predicted molar refractivity (Wildman–Crippen MR) is 90.6 cm³/mol. The van der Waals surface area contributed by atoms with Crippen molar-refractivity contribution in [3.05, 3.63) is 83.9 Å². The lowest BCUT2D eigenvalue weighted by Crippen LogP contribution is -2.26. The van der Waals surface area contributed by atoms with Crippen LogP contribution >= 0.6 is 0 Å². The molecule has 116 valence electrons. The van der Waals surface area contributed by atoms with Gasteiger partial charge in [0.1, 0.15) is 0 Å². The number of carbonyl (C=O) groups excluding carboxylic acids is 1. The van der Waals surface area contributed by atoms with Crippen molar-refractivity contribution in [2.24, 2.45) is 0 Å². The van der Waals surface area contributed by atoms with E-state index in [9.17, 15) is 4.79 Å². The lowest BCUT2D eigenvalue weighted by atomic mass is 10.1. The van der Waals surface area contributed by atoms with E-state index in [0.29, 0.717) is 5.56 Å². The highest BCUT2D eigenvalue weighted by Gasteiger charge is 2.11. The molecule has 4 nitrogen and oxygen atoms in total. The second kappa shape index (κ2) is 6.48. The molecular formula is C19H19N3O. The van der Waals surface area contributed by atoms with Crippen molar-refractivity contribution < 1.29 is 4.79 Å². The van der Waals surface area contributed by atoms with E-state index in [-0.39, 0.29) is 11.9 Å². The van der Waals surface area contributed by atoms with E-state index in [1.54, 1.807) is 12.5 Å². The number of amides is 1. The fourth-order valence-electron chi connectivity index (χ4n) is 2.50. The Balaban J connectivity index is 1.70. The molecule has 0 spiro atoms. The Bertz CT molecular complexity index is 792. The van der Waals surface area contributed by atoms with Crippen LogP contribution in [0.15, 0.2) is 67.3 Å². The lowest BCUT2D eigenvalue weighted by molar-refractivity contribution is 0.0940. The van der Waals surface area contributed by atoms with E-state index in [0.717, 1.165) is 16.8 Å². The van der Waals surface area contributed by atoms with E-state index in [2.05, 4.69) is 10.3 Å². The van der Waals surface area contributed by atoms with Gasteiger partial charge in [-0.2, -0.15) is 0 Å². The zero-order valence-electron chi connectivity index (χ0n) is 13.2. The van der Waals surface area contributed by atoms with E-state index in [1.807, 2.05) is 73.1 Å². The molecule has 23 heavy (non-hydrogen) atoms. The van der Waals surface area contributed by atoms with Crippen molar-refractivity contribution in [3.8, 4) is 5.69 Å². The van der Waals surface area contributed by atoms with Crippen LogP contribution in [0.2, 0.25) is 0 Å². The van der Waals surface area contributed by atoms with Crippen LogP contribution in [0.1, 0.15) is 34.5 Å². The number of aromatic nitrogens is 2. The number of imidazole rings is 1. The summed E-state index contributed by atoms with van der Waals surface area (Å²) in [6.45, 7) is 3.97. The number of carbonyl (C=O) groups is 1. The van der Waals surface area contributed by atoms with Gasteiger partial charge in [0, 0.05) is 23.6 Å². The van der Waals surface area contributed by atoms with Crippen LogP contribution in [0.4, 0.5) is 0 Å². The maximum absolute atomic E-state index is 12.3. The molecule has 1 heterocycles. The summed E-state index contributed by atoms with van der Waals surface area (Å²) in [7, 11) is 0. The average Bonchev–Trinajstić information content (AvgIpc) is 3.09. The van der Waals surface area contributed by atoms with Crippen LogP contribution in [0.5, 0.6) is 0 Å². The summed E-state index contributed by atoms with van der Waals surface area (Å²) in [5.41, 5.74) is 3.88. The first kappa shape index (κ1) is 15.0. The molecule has 0 saturated heterocycles. The number of benzene rings is 2. The van der Waals surface area contributed by atoms with Gasteiger partial charge in [-0.15, -0.1) is 0 Å². The molecule has 0 aliphatic rings. The average molecular weight is 305 g/mol. The summed E-state index contributed by atoms with van der Waals surface area (Å²) < 4.78 is 1.94. The number of nitrogens with one attached hydrogen (secondary N) is 1. The molecule has 3 rings (SSSR count). The molecule has 2 aromatic carbocycles. The van der Waals surface area contributed by atoms with E-state index in [1.165, 1.54) is 0 Å². The van der Waals surface area contributed by atoms with E-state index in [4.69, 9.17) is 0 Å². The summed E-state index contributed by atoms with van der Waals surface area (Å²) in [6, 6.07) is 15.6. The summed E-state index contributed by atoms with van der Waals surface area (Å²) in [4.78, 5) is 16.4. The molecule has 0 aliphatic heterocycles. The van der Waals surface area contributed by atoms with Crippen LogP contribution in [0, 0.1) is 6.92 Å². The highest BCUT2D eigenvalue weighted by Crippen LogP contribution is 2.16. The van der Waals surface area contributed by atoms with Gasteiger partial charge in [-0.25, -0.2) is 4.98 Å². The van der Waals surface area contributed by atoms with Gasteiger partial charge in [0.2, 0.25) is 0 Å². The second-order valence-corrected chi connectivity index (χ2v) is 5.63. The standard InChI is InChI=1S/C19H19N3O/c1-14-4-3-5-17(12-14)19(23)21-15(2)16-6-8-18(9-7-16)22-11-10-20-13-22/h3-13,15H,1-2H3,(H,21,23). The number of hydrogen-bond acceptors (Lipinski definition) is 2. The van der Waals surface area contributed by atoms with Crippen LogP contribution in [-0.4, -0.2) is 15.5 Å². The van der Waals surface area contributed by atoms with Gasteiger partial charge in [-0.3, -0.25) is 4.79 Å². The molecule has 4 heteroatoms. The number of aryl methyl sites for hydroxylation is 1. The minimum atomic E-state index is -0.0557. The van der Waals surface area contributed by atoms with Crippen LogP contribution in [-0.2, 0) is 0 Å². The third-order valence-electron chi connectivity index (χ3n) is 3.82. The van der Waals surface area contributed by atoms with Crippen molar-refractivity contribution in [2.45, 2.75) is 19.9 Å². The Morgan fingerprint density at radius 1 is 1.17 bits per heavy atom. The van der Waals surface area contributed by atoms with Crippen molar-refractivity contribution in [1.82, 2.24) is 14.9 Å². The molecule has 1 atom stereocenters. The maximum Gasteiger partial charge on any atom is 0.251 e. The van der Waals surface area contributed by atoms with Crippen LogP contribution in [0.3, 0.4) is 0 Å². The highest BCUT2D eigenvalue weighted by atomic mass is 16.1. The molecule has 0 radical (unpaired) electrons. The van der Waals surface area contributed by atoms with E-state index < -0.39 is 0 Å². The van der Waals surface area contributed by atoms with Crippen molar-refractivity contribution in [1.29, 1.82) is 0 Å². The molecule has 1 unspecified atom stereocenters. The van der Waals surface area contributed by atoms with Gasteiger partial charge in [0.05, 0.1) is 12.4 Å². The summed E-state index contributed by atoms with van der Waals surface area (Å²) >= 11 is 0. The van der Waals surface area contributed by atoms with Crippen LogP contribution < -0.4 is 5.32 Å². The number of nitrogens with zero attached hydrogens (tertiary/aromatic N) is 2. The second-order valence-electron chi connectivity index (χ2n) is 5.63. The summed E-state index contributed by atoms with van der Waals surface area (Å²) in [6.07, 6.45) is 5.41. The largest absolute Gasteiger partial charge is 0.346 e. The van der Waals surface area contributed by atoms with Gasteiger partial charge >= 0.3 is 0 Å². The first-order valence-electron chi connectivity index (χ1n) is 7.59. The molecule has 3 aromatic rings. The Morgan fingerprint density at radius 3 is 2.61 bits per heavy atom. The number of hydrogen-bond donors (Lipinski definition) is 1. The molecule has 0 saturated carbocycles. The monoisotopic (exact) mass is 305 g/mol. The first-order chi connectivity index (χ1) is 11.1. The van der Waals surface area contributed by atoms with Crippen molar-refractivity contribution >= 4 is 5.91 Å². The molecular weight excluding hydrogens is 286 g/mol. The van der Waals surface area contributed by atoms with Gasteiger partial charge in [0.15, 0.2) is 0 Å². The Labute approximate surface area is 135 Å². The number of rotatable bonds is 4. The smallest absolute Gasteiger partial charge is 0.251 e. The SMILES string of the molecule is Cc1cccc(C(=O)NC(C)c2ccc(-n3ccnc3)cc2)c1. The topological polar surface area (TPSA) is 46.9 Å². The molecule has 1 N–H and O–H groups in total. The normalized spacial score (nSPS) is 11.9. The van der Waals surface area contributed by atoms with Crippen molar-refractivity contribution in [2.75, 3.05) is 0 Å². The van der Waals surface area contributed by atoms with E-state index >= 15 is 0 Å². The zero-order valence-corrected chi connectivity index (χ0v) is 13.2. The molecule has 0 aliphatic carbocycles. The Hall–Kier alpha value is -2.88. The third kappa shape index (κ3) is 3.48. The summed E-state index contributed by atoms with van der Waals surface area (Å²) in [5, 5.41) is 3.04. The third-order valence-corrected chi connectivity index (χ3v) is 3.82. The zero-order chi connectivity index (χ0) is 16.2. The molecule has 0 fully saturated rings. The first-order valence-corrected chi connectivity index (χ1v) is 7.59. The maximum atomic E-state index is 12.3. The fourth-order valence-corrected chi connectivity index (χ4v) is 2.50. The van der Waals surface area contributed by atoms with Crippen molar-refractivity contribution in [3.63, 3.8) is 0 Å². The minimum absolute atomic E-state index is 0.0557. The van der Waals surface area contributed by atoms with Gasteiger partial charge in [-0.1, -0.05) is 29.8 Å². The lowest BCUT2D eigenvalue weighted by Gasteiger charge is -2.15. The minimum Gasteiger partial charge on any atom is -0.346 e.